The van der Waals surface area contributed by atoms with Crippen LogP contribution in [0.4, 0.5) is 0 Å². The molecule has 4 nitrogen and oxygen atoms in total. The second kappa shape index (κ2) is 5.61. The van der Waals surface area contributed by atoms with Crippen molar-refractivity contribution in [3.63, 3.8) is 0 Å². The number of benzene rings is 2. The van der Waals surface area contributed by atoms with Crippen LogP contribution < -0.4 is 10.4 Å². The molecule has 0 aliphatic heterocycles. The maximum absolute atomic E-state index is 12.5. The zero-order valence-corrected chi connectivity index (χ0v) is 12.9. The van der Waals surface area contributed by atoms with Gasteiger partial charge in [-0.05, 0) is 36.4 Å². The van der Waals surface area contributed by atoms with Gasteiger partial charge < -0.3 is 4.74 Å². The van der Waals surface area contributed by atoms with E-state index in [-0.39, 0.29) is 5.69 Å². The molecule has 2 aromatic carbocycles. The van der Waals surface area contributed by atoms with Crippen molar-refractivity contribution in [1.82, 2.24) is 9.13 Å². The highest BCUT2D eigenvalue weighted by Gasteiger charge is 2.07. The smallest absolute Gasteiger partial charge is 0.337 e. The molecule has 0 radical (unpaired) electrons. The molecule has 0 N–H and O–H groups in total. The monoisotopic (exact) mass is 344 g/mol. The fourth-order valence-corrected chi connectivity index (χ4v) is 2.40. The van der Waals surface area contributed by atoms with Crippen LogP contribution in [0.5, 0.6) is 5.75 Å². The van der Waals surface area contributed by atoms with E-state index in [2.05, 4.69) is 15.9 Å². The zero-order chi connectivity index (χ0) is 14.8. The summed E-state index contributed by atoms with van der Waals surface area (Å²) in [5.41, 5.74) is 1.48. The van der Waals surface area contributed by atoms with E-state index >= 15 is 0 Å². The lowest BCUT2D eigenvalue weighted by Crippen LogP contribution is -2.21. The summed E-state index contributed by atoms with van der Waals surface area (Å²) in [6.45, 7) is 0. The lowest BCUT2D eigenvalue weighted by Gasteiger charge is -2.05. The number of methoxy groups -OCH3 is 1. The molecule has 0 saturated carbocycles. The predicted octanol–water partition coefficient (Wildman–Crippen LogP) is 3.40. The second-order valence-corrected chi connectivity index (χ2v) is 5.41. The minimum Gasteiger partial charge on any atom is -0.497 e. The summed E-state index contributed by atoms with van der Waals surface area (Å²) >= 11 is 3.39. The second-order valence-electron chi connectivity index (χ2n) is 4.50. The molecule has 5 heteroatoms. The topological polar surface area (TPSA) is 36.2 Å². The van der Waals surface area contributed by atoms with Crippen LogP contribution in [-0.4, -0.2) is 16.2 Å². The van der Waals surface area contributed by atoms with Gasteiger partial charge in [-0.25, -0.2) is 4.79 Å². The Hall–Kier alpha value is -2.27. The van der Waals surface area contributed by atoms with Crippen molar-refractivity contribution in [2.45, 2.75) is 0 Å². The van der Waals surface area contributed by atoms with E-state index in [0.29, 0.717) is 0 Å². The Morgan fingerprint density at radius 2 is 1.62 bits per heavy atom. The van der Waals surface area contributed by atoms with Gasteiger partial charge in [0.2, 0.25) is 0 Å². The van der Waals surface area contributed by atoms with Crippen LogP contribution in [0.25, 0.3) is 11.4 Å². The number of hydrogen-bond donors (Lipinski definition) is 0. The predicted molar refractivity (Wildman–Crippen MR) is 85.6 cm³/mol. The highest BCUT2D eigenvalue weighted by Crippen LogP contribution is 2.16. The molecular weight excluding hydrogens is 332 g/mol. The molecule has 0 unspecified atom stereocenters. The first-order chi connectivity index (χ1) is 10.2. The molecule has 0 aliphatic rings. The summed E-state index contributed by atoms with van der Waals surface area (Å²) in [5, 5.41) is 0. The third-order valence-corrected chi connectivity index (χ3v) is 3.74. The third kappa shape index (κ3) is 2.64. The summed E-state index contributed by atoms with van der Waals surface area (Å²) in [5.74, 6) is 0.718. The molecule has 0 atom stereocenters. The summed E-state index contributed by atoms with van der Waals surface area (Å²) in [6.07, 6.45) is 3.50. The quantitative estimate of drug-likeness (QED) is 0.730. The van der Waals surface area contributed by atoms with E-state index in [4.69, 9.17) is 4.74 Å². The van der Waals surface area contributed by atoms with Crippen molar-refractivity contribution in [2.75, 3.05) is 7.11 Å². The van der Waals surface area contributed by atoms with Crippen molar-refractivity contribution in [3.05, 3.63) is 75.9 Å². The molecule has 106 valence electrons. The van der Waals surface area contributed by atoms with Gasteiger partial charge in [0, 0.05) is 22.9 Å². The molecule has 1 aromatic heterocycles. The Balaban J connectivity index is 2.06. The van der Waals surface area contributed by atoms with E-state index in [1.165, 1.54) is 0 Å². The number of ether oxygens (including phenoxy) is 1. The van der Waals surface area contributed by atoms with Crippen molar-refractivity contribution < 1.29 is 4.74 Å². The summed E-state index contributed by atoms with van der Waals surface area (Å²) < 4.78 is 9.36. The lowest BCUT2D eigenvalue weighted by molar-refractivity contribution is 0.414. The molecule has 0 fully saturated rings. The summed E-state index contributed by atoms with van der Waals surface area (Å²) in [4.78, 5) is 12.5. The van der Waals surface area contributed by atoms with Gasteiger partial charge in [0.15, 0.2) is 0 Å². The van der Waals surface area contributed by atoms with Gasteiger partial charge in [0.05, 0.1) is 18.5 Å². The van der Waals surface area contributed by atoms with Crippen LogP contribution in [0.3, 0.4) is 0 Å². The maximum atomic E-state index is 12.5. The van der Waals surface area contributed by atoms with Crippen molar-refractivity contribution in [2.24, 2.45) is 0 Å². The van der Waals surface area contributed by atoms with Gasteiger partial charge in [-0.15, -0.1) is 0 Å². The molecular formula is C16H13BrN2O2. The van der Waals surface area contributed by atoms with Crippen LogP contribution in [0.1, 0.15) is 0 Å². The number of rotatable bonds is 3. The van der Waals surface area contributed by atoms with Crippen LogP contribution in [0.2, 0.25) is 0 Å². The van der Waals surface area contributed by atoms with E-state index in [1.807, 2.05) is 48.5 Å². The van der Waals surface area contributed by atoms with Crippen LogP contribution in [0, 0.1) is 0 Å². The standard InChI is InChI=1S/C16H13BrN2O2/c1-21-15-4-2-3-14(11-15)19-10-9-18(16(19)20)13-7-5-12(17)6-8-13/h2-11H,1H3. The van der Waals surface area contributed by atoms with Gasteiger partial charge in [0.1, 0.15) is 5.75 Å². The highest BCUT2D eigenvalue weighted by molar-refractivity contribution is 9.10. The Morgan fingerprint density at radius 3 is 2.29 bits per heavy atom. The SMILES string of the molecule is COc1cccc(-n2ccn(-c3ccc(Br)cc3)c2=O)c1. The van der Waals surface area contributed by atoms with E-state index in [1.54, 1.807) is 28.6 Å². The van der Waals surface area contributed by atoms with Gasteiger partial charge in [-0.2, -0.15) is 0 Å². The average Bonchev–Trinajstić information content (AvgIpc) is 2.90. The number of hydrogen-bond acceptors (Lipinski definition) is 2. The molecule has 0 spiro atoms. The first kappa shape index (κ1) is 13.7. The first-order valence-corrected chi connectivity index (χ1v) is 7.19. The molecule has 3 aromatic rings. The molecule has 0 bridgehead atoms. The minimum atomic E-state index is -0.120. The average molecular weight is 345 g/mol. The van der Waals surface area contributed by atoms with Crippen LogP contribution in [-0.2, 0) is 0 Å². The molecule has 21 heavy (non-hydrogen) atoms. The first-order valence-electron chi connectivity index (χ1n) is 6.39. The van der Waals surface area contributed by atoms with E-state index < -0.39 is 0 Å². The van der Waals surface area contributed by atoms with Gasteiger partial charge >= 0.3 is 5.69 Å². The van der Waals surface area contributed by atoms with Crippen molar-refractivity contribution in [3.8, 4) is 17.1 Å². The Morgan fingerprint density at radius 1 is 0.952 bits per heavy atom. The number of nitrogens with zero attached hydrogens (tertiary/aromatic N) is 2. The summed E-state index contributed by atoms with van der Waals surface area (Å²) in [6, 6.07) is 15.0. The van der Waals surface area contributed by atoms with Crippen LogP contribution in [0.15, 0.2) is 70.2 Å². The number of halogens is 1. The Kier molecular flexibility index (Phi) is 3.66. The van der Waals surface area contributed by atoms with Crippen molar-refractivity contribution in [1.29, 1.82) is 0 Å². The van der Waals surface area contributed by atoms with Gasteiger partial charge in [-0.1, -0.05) is 22.0 Å². The van der Waals surface area contributed by atoms with E-state index in [0.717, 1.165) is 21.6 Å². The van der Waals surface area contributed by atoms with Gasteiger partial charge in [0.25, 0.3) is 0 Å². The largest absolute Gasteiger partial charge is 0.497 e. The fraction of sp³-hybridized carbons (Fsp3) is 0.0625. The molecule has 3 rings (SSSR count). The van der Waals surface area contributed by atoms with Crippen molar-refractivity contribution >= 4 is 15.9 Å². The third-order valence-electron chi connectivity index (χ3n) is 3.21. The van der Waals surface area contributed by atoms with E-state index in [9.17, 15) is 4.79 Å². The molecule has 0 saturated heterocycles. The Labute approximate surface area is 130 Å². The number of aromatic nitrogens is 2. The summed E-state index contributed by atoms with van der Waals surface area (Å²) in [7, 11) is 1.61. The molecule has 0 aliphatic carbocycles. The highest BCUT2D eigenvalue weighted by atomic mass is 79.9. The normalized spacial score (nSPS) is 10.6. The zero-order valence-electron chi connectivity index (χ0n) is 11.4. The fourth-order valence-electron chi connectivity index (χ4n) is 2.13. The van der Waals surface area contributed by atoms with Gasteiger partial charge in [-0.3, -0.25) is 9.13 Å². The lowest BCUT2D eigenvalue weighted by atomic mass is 10.3. The Bertz CT molecular complexity index is 819. The number of imidazole rings is 1. The molecule has 1 heterocycles. The van der Waals surface area contributed by atoms with Crippen LogP contribution >= 0.6 is 15.9 Å². The maximum Gasteiger partial charge on any atom is 0.337 e. The minimum absolute atomic E-state index is 0.120. The molecule has 0 amide bonds.